The van der Waals surface area contributed by atoms with Gasteiger partial charge in [-0.25, -0.2) is 0 Å². The van der Waals surface area contributed by atoms with Crippen LogP contribution in [0.25, 0.3) is 0 Å². The number of carbonyl (C=O) groups excluding carboxylic acids is 2. The van der Waals surface area contributed by atoms with Crippen LogP contribution in [0, 0.1) is 23.7 Å². The largest absolute Gasteiger partial charge is 0.504 e. The van der Waals surface area contributed by atoms with E-state index in [1.807, 2.05) is 0 Å². The van der Waals surface area contributed by atoms with E-state index in [0.29, 0.717) is 5.56 Å². The Bertz CT molecular complexity index is 723. The summed E-state index contributed by atoms with van der Waals surface area (Å²) in [6.07, 6.45) is 7.37. The summed E-state index contributed by atoms with van der Waals surface area (Å²) in [5, 5.41) is 23.8. The maximum Gasteiger partial charge on any atom is 0.254 e. The van der Waals surface area contributed by atoms with Gasteiger partial charge in [-0.1, -0.05) is 12.2 Å². The van der Waals surface area contributed by atoms with Gasteiger partial charge in [0.15, 0.2) is 11.5 Å². The fourth-order valence-corrected chi connectivity index (χ4v) is 3.92. The number of phenolic OH excluding ortho intramolecular Hbond substituents is 2. The third kappa shape index (κ3) is 2.05. The van der Waals surface area contributed by atoms with Crippen LogP contribution in [0.3, 0.4) is 0 Å². The van der Waals surface area contributed by atoms with Crippen LogP contribution < -0.4 is 0 Å². The fourth-order valence-electron chi connectivity index (χ4n) is 3.92. The van der Waals surface area contributed by atoms with Crippen molar-refractivity contribution in [1.29, 1.82) is 0 Å². The average molecular weight is 312 g/mol. The topological polar surface area (TPSA) is 90.2 Å². The van der Waals surface area contributed by atoms with Gasteiger partial charge in [-0.3, -0.25) is 9.59 Å². The van der Waals surface area contributed by atoms with Crippen molar-refractivity contribution in [2.75, 3.05) is 0 Å². The van der Waals surface area contributed by atoms with Crippen molar-refractivity contribution in [2.45, 2.75) is 12.8 Å². The molecule has 1 saturated carbocycles. The van der Waals surface area contributed by atoms with Crippen LogP contribution in [0.15, 0.2) is 35.5 Å². The highest BCUT2D eigenvalue weighted by Gasteiger charge is 2.56. The number of hydrazone groups is 1. The maximum absolute atomic E-state index is 12.6. The molecule has 6 heteroatoms. The van der Waals surface area contributed by atoms with Crippen LogP contribution in [0.4, 0.5) is 0 Å². The number of rotatable bonds is 2. The molecule has 0 aromatic heterocycles. The van der Waals surface area contributed by atoms with Gasteiger partial charge in [0.2, 0.25) is 0 Å². The molecule has 4 aliphatic rings. The first-order chi connectivity index (χ1) is 11.1. The molecule has 4 atom stereocenters. The number of imide groups is 1. The van der Waals surface area contributed by atoms with E-state index in [-0.39, 0.29) is 47.0 Å². The minimum absolute atomic E-state index is 0.138. The Balaban J connectivity index is 1.60. The second kappa shape index (κ2) is 4.94. The molecular weight excluding hydrogens is 296 g/mol. The standard InChI is InChI=1S/C17H16N2O4/c20-12-6-1-9(7-13(12)21)8-18-19-16(22)14-10-2-3-11(5-4-10)15(14)17(19)23/h1-3,6-8,10-11,14-15,20-21H,4-5H2/b18-8-/t10-,11+,14-,15-/m0/s1. The van der Waals surface area contributed by atoms with Gasteiger partial charge in [0, 0.05) is 0 Å². The van der Waals surface area contributed by atoms with Crippen molar-refractivity contribution in [2.24, 2.45) is 28.8 Å². The van der Waals surface area contributed by atoms with Gasteiger partial charge in [-0.15, -0.1) is 0 Å². The van der Waals surface area contributed by atoms with Gasteiger partial charge >= 0.3 is 0 Å². The molecule has 1 aliphatic heterocycles. The number of carbonyl (C=O) groups is 2. The molecule has 1 aromatic carbocycles. The highest BCUT2D eigenvalue weighted by Crippen LogP contribution is 2.49. The fraction of sp³-hybridized carbons (Fsp3) is 0.353. The Morgan fingerprint density at radius 3 is 2.13 bits per heavy atom. The number of nitrogens with zero attached hydrogens (tertiary/aromatic N) is 2. The van der Waals surface area contributed by atoms with Crippen LogP contribution in [0.1, 0.15) is 18.4 Å². The Labute approximate surface area is 132 Å². The smallest absolute Gasteiger partial charge is 0.254 e. The zero-order valence-corrected chi connectivity index (χ0v) is 12.3. The number of fused-ring (bicyclic) bond motifs is 1. The predicted molar refractivity (Wildman–Crippen MR) is 81.6 cm³/mol. The van der Waals surface area contributed by atoms with Crippen LogP contribution in [-0.2, 0) is 9.59 Å². The lowest BCUT2D eigenvalue weighted by Gasteiger charge is -2.37. The van der Waals surface area contributed by atoms with Crippen molar-refractivity contribution >= 4 is 18.0 Å². The monoisotopic (exact) mass is 312 g/mol. The molecule has 0 radical (unpaired) electrons. The lowest BCUT2D eigenvalue weighted by Crippen LogP contribution is -2.38. The van der Waals surface area contributed by atoms with E-state index in [1.54, 1.807) is 6.07 Å². The summed E-state index contributed by atoms with van der Waals surface area (Å²) in [6.45, 7) is 0. The van der Waals surface area contributed by atoms with Crippen LogP contribution in [0.2, 0.25) is 0 Å². The Morgan fingerprint density at radius 2 is 1.61 bits per heavy atom. The molecule has 3 aliphatic carbocycles. The molecule has 2 bridgehead atoms. The molecule has 0 unspecified atom stereocenters. The van der Waals surface area contributed by atoms with Gasteiger partial charge in [-0.05, 0) is 48.4 Å². The number of hydrogen-bond acceptors (Lipinski definition) is 5. The van der Waals surface area contributed by atoms with E-state index < -0.39 is 0 Å². The van der Waals surface area contributed by atoms with Crippen molar-refractivity contribution in [1.82, 2.24) is 5.01 Å². The number of benzene rings is 1. The number of allylic oxidation sites excluding steroid dienone is 2. The highest BCUT2D eigenvalue weighted by molar-refractivity contribution is 6.06. The third-order valence-corrected chi connectivity index (χ3v) is 5.06. The van der Waals surface area contributed by atoms with Gasteiger partial charge in [0.25, 0.3) is 11.8 Å². The quantitative estimate of drug-likeness (QED) is 0.376. The molecule has 2 amide bonds. The minimum Gasteiger partial charge on any atom is -0.504 e. The van der Waals surface area contributed by atoms with Crippen molar-refractivity contribution in [3.8, 4) is 11.5 Å². The first-order valence-electron chi connectivity index (χ1n) is 7.68. The molecule has 118 valence electrons. The molecule has 2 N–H and O–H groups in total. The molecule has 2 fully saturated rings. The number of phenols is 2. The second-order valence-electron chi connectivity index (χ2n) is 6.32. The molecule has 1 heterocycles. The molecule has 6 nitrogen and oxygen atoms in total. The summed E-state index contributed by atoms with van der Waals surface area (Å²) < 4.78 is 0. The highest BCUT2D eigenvalue weighted by atomic mass is 16.3. The van der Waals surface area contributed by atoms with Gasteiger partial charge in [0.1, 0.15) is 0 Å². The zero-order chi connectivity index (χ0) is 16.1. The van der Waals surface area contributed by atoms with Gasteiger partial charge in [-0.2, -0.15) is 10.1 Å². The molecule has 0 spiro atoms. The van der Waals surface area contributed by atoms with Crippen LogP contribution in [-0.4, -0.2) is 33.3 Å². The summed E-state index contributed by atoms with van der Waals surface area (Å²) in [6, 6.07) is 4.19. The summed E-state index contributed by atoms with van der Waals surface area (Å²) >= 11 is 0. The predicted octanol–water partition coefficient (Wildman–Crippen LogP) is 1.63. The molecule has 1 aromatic rings. The second-order valence-corrected chi connectivity index (χ2v) is 6.32. The van der Waals surface area contributed by atoms with E-state index in [4.69, 9.17) is 0 Å². The SMILES string of the molecule is O=C1[C@@H]2[C@@H](C(=O)N1/N=C\c1ccc(O)c(O)c1)[C@H]1C=C[C@@H]2CC1. The van der Waals surface area contributed by atoms with E-state index in [2.05, 4.69) is 17.3 Å². The average Bonchev–Trinajstić information content (AvgIpc) is 2.83. The summed E-state index contributed by atoms with van der Waals surface area (Å²) in [4.78, 5) is 25.1. The van der Waals surface area contributed by atoms with Crippen LogP contribution in [0.5, 0.6) is 11.5 Å². The molecule has 1 saturated heterocycles. The van der Waals surface area contributed by atoms with Gasteiger partial charge in [0.05, 0.1) is 18.1 Å². The van der Waals surface area contributed by atoms with E-state index in [9.17, 15) is 19.8 Å². The van der Waals surface area contributed by atoms with Gasteiger partial charge < -0.3 is 10.2 Å². The van der Waals surface area contributed by atoms with Crippen molar-refractivity contribution < 1.29 is 19.8 Å². The van der Waals surface area contributed by atoms with Crippen LogP contribution >= 0.6 is 0 Å². The lowest BCUT2D eigenvalue weighted by atomic mass is 9.63. The number of amides is 2. The first kappa shape index (κ1) is 14.0. The third-order valence-electron chi connectivity index (χ3n) is 5.06. The van der Waals surface area contributed by atoms with Crippen molar-refractivity contribution in [3.05, 3.63) is 35.9 Å². The Morgan fingerprint density at radius 1 is 1.00 bits per heavy atom. The summed E-state index contributed by atoms with van der Waals surface area (Å²) in [5.74, 6) is -1.27. The van der Waals surface area contributed by atoms with E-state index >= 15 is 0 Å². The van der Waals surface area contributed by atoms with E-state index in [0.717, 1.165) is 17.9 Å². The Hall–Kier alpha value is -2.63. The normalized spacial score (nSPS) is 32.1. The number of aromatic hydroxyl groups is 2. The van der Waals surface area contributed by atoms with E-state index in [1.165, 1.54) is 18.3 Å². The molecular formula is C17H16N2O4. The lowest BCUT2D eigenvalue weighted by molar-refractivity contribution is -0.140. The summed E-state index contributed by atoms with van der Waals surface area (Å²) in [5.41, 5.74) is 0.497. The Kier molecular flexibility index (Phi) is 3.01. The minimum atomic E-state index is -0.281. The van der Waals surface area contributed by atoms with Crippen molar-refractivity contribution in [3.63, 3.8) is 0 Å². The molecule has 5 rings (SSSR count). The molecule has 23 heavy (non-hydrogen) atoms. The number of hydrogen-bond donors (Lipinski definition) is 2. The summed E-state index contributed by atoms with van der Waals surface area (Å²) in [7, 11) is 0. The maximum atomic E-state index is 12.6. The first-order valence-corrected chi connectivity index (χ1v) is 7.68. The zero-order valence-electron chi connectivity index (χ0n) is 12.3.